The molecule has 72 valence electrons. The molecule has 0 amide bonds. The third-order valence-corrected chi connectivity index (χ3v) is 3.81. The molecule has 0 aliphatic rings. The average molecular weight is 225 g/mol. The molecule has 0 radical (unpaired) electrons. The van der Waals surface area contributed by atoms with Crippen LogP contribution in [0.25, 0.3) is 10.1 Å². The van der Waals surface area contributed by atoms with Crippen molar-refractivity contribution in [2.75, 3.05) is 0 Å². The normalized spacial score (nSPS) is 10.8. The van der Waals surface area contributed by atoms with Crippen molar-refractivity contribution in [1.82, 2.24) is 0 Å². The van der Waals surface area contributed by atoms with Crippen LogP contribution in [0.3, 0.4) is 0 Å². The van der Waals surface area contributed by atoms with Crippen molar-refractivity contribution in [3.8, 4) is 0 Å². The number of aryl methyl sites for hydroxylation is 2. The Labute approximate surface area is 91.3 Å². The molecule has 14 heavy (non-hydrogen) atoms. The van der Waals surface area contributed by atoms with Crippen LogP contribution >= 0.6 is 22.9 Å². The Hall–Kier alpha value is -0.860. The van der Waals surface area contributed by atoms with Gasteiger partial charge in [0.1, 0.15) is 4.34 Å². The number of fused-ring (bicyclic) bond motifs is 1. The molecule has 0 atom stereocenters. The van der Waals surface area contributed by atoms with E-state index < -0.39 is 0 Å². The van der Waals surface area contributed by atoms with Crippen molar-refractivity contribution in [3.05, 3.63) is 33.2 Å². The molecule has 0 bridgehead atoms. The van der Waals surface area contributed by atoms with Crippen LogP contribution < -0.4 is 0 Å². The van der Waals surface area contributed by atoms with Crippen molar-refractivity contribution in [2.45, 2.75) is 13.8 Å². The standard InChI is InChI=1S/C11H9ClOS/c1-6-3-7(2)10-8(4-6)9(5-13)11(12)14-10/h3-5H,1-2H3. The van der Waals surface area contributed by atoms with E-state index in [0.717, 1.165) is 21.9 Å². The first-order valence-electron chi connectivity index (χ1n) is 4.28. The van der Waals surface area contributed by atoms with E-state index in [-0.39, 0.29) is 0 Å². The zero-order valence-corrected chi connectivity index (χ0v) is 9.50. The molecule has 2 aromatic rings. The number of benzene rings is 1. The van der Waals surface area contributed by atoms with Crippen LogP contribution in [0, 0.1) is 13.8 Å². The number of carbonyl (C=O) groups is 1. The molecule has 0 fully saturated rings. The molecule has 3 heteroatoms. The van der Waals surface area contributed by atoms with Gasteiger partial charge in [0.25, 0.3) is 0 Å². The largest absolute Gasteiger partial charge is 0.298 e. The highest BCUT2D eigenvalue weighted by atomic mass is 35.5. The molecule has 0 saturated carbocycles. The minimum Gasteiger partial charge on any atom is -0.298 e. The van der Waals surface area contributed by atoms with E-state index in [1.807, 2.05) is 19.9 Å². The van der Waals surface area contributed by atoms with Crippen molar-refractivity contribution in [3.63, 3.8) is 0 Å². The molecule has 1 nitrogen and oxygen atoms in total. The van der Waals surface area contributed by atoms with Crippen molar-refractivity contribution in [2.24, 2.45) is 0 Å². The second-order valence-corrected chi connectivity index (χ2v) is 4.99. The first kappa shape index (κ1) is 9.69. The molecule has 0 spiro atoms. The lowest BCUT2D eigenvalue weighted by Crippen LogP contribution is -1.80. The monoisotopic (exact) mass is 224 g/mol. The van der Waals surface area contributed by atoms with Crippen LogP contribution in [0.2, 0.25) is 4.34 Å². The number of thiophene rings is 1. The van der Waals surface area contributed by atoms with E-state index in [2.05, 4.69) is 6.07 Å². The third kappa shape index (κ3) is 1.35. The fraction of sp³-hybridized carbons (Fsp3) is 0.182. The van der Waals surface area contributed by atoms with Crippen molar-refractivity contribution in [1.29, 1.82) is 0 Å². The summed E-state index contributed by atoms with van der Waals surface area (Å²) in [5.41, 5.74) is 2.96. The van der Waals surface area contributed by atoms with E-state index in [9.17, 15) is 4.79 Å². The van der Waals surface area contributed by atoms with Gasteiger partial charge in [-0.2, -0.15) is 0 Å². The molecule has 0 aliphatic heterocycles. The molecule has 0 unspecified atom stereocenters. The highest BCUT2D eigenvalue weighted by Crippen LogP contribution is 2.36. The quantitative estimate of drug-likeness (QED) is 0.670. The van der Waals surface area contributed by atoms with E-state index in [1.54, 1.807) is 0 Å². The molecule has 0 aliphatic carbocycles. The summed E-state index contributed by atoms with van der Waals surface area (Å²) in [6.07, 6.45) is 0.833. The molecule has 1 heterocycles. The molecule has 1 aromatic heterocycles. The van der Waals surface area contributed by atoms with Crippen molar-refractivity contribution >= 4 is 39.3 Å². The Morgan fingerprint density at radius 3 is 2.71 bits per heavy atom. The first-order chi connectivity index (χ1) is 6.63. The van der Waals surface area contributed by atoms with Crippen LogP contribution in [-0.4, -0.2) is 6.29 Å². The highest BCUT2D eigenvalue weighted by Gasteiger charge is 2.11. The van der Waals surface area contributed by atoms with Gasteiger partial charge in [-0.3, -0.25) is 4.79 Å². The molecular formula is C11H9ClOS. The maximum absolute atomic E-state index is 10.8. The van der Waals surface area contributed by atoms with Crippen molar-refractivity contribution < 1.29 is 4.79 Å². The zero-order valence-electron chi connectivity index (χ0n) is 7.93. The van der Waals surface area contributed by atoms with Crippen LogP contribution in [-0.2, 0) is 0 Å². The van der Waals surface area contributed by atoms with Crippen LogP contribution in [0.15, 0.2) is 12.1 Å². The lowest BCUT2D eigenvalue weighted by molar-refractivity contribution is 0.112. The Kier molecular flexibility index (Phi) is 2.33. The van der Waals surface area contributed by atoms with Gasteiger partial charge in [0, 0.05) is 10.1 Å². The molecule has 0 N–H and O–H groups in total. The van der Waals surface area contributed by atoms with Crippen LogP contribution in [0.1, 0.15) is 21.5 Å². The molecule has 1 aromatic carbocycles. The second kappa shape index (κ2) is 3.37. The number of aldehydes is 1. The predicted molar refractivity (Wildman–Crippen MR) is 61.7 cm³/mol. The Morgan fingerprint density at radius 1 is 1.36 bits per heavy atom. The van der Waals surface area contributed by atoms with E-state index in [1.165, 1.54) is 16.9 Å². The van der Waals surface area contributed by atoms with Gasteiger partial charge in [0.15, 0.2) is 6.29 Å². The Balaban J connectivity index is 2.94. The van der Waals surface area contributed by atoms with E-state index in [4.69, 9.17) is 11.6 Å². The number of halogens is 1. The zero-order chi connectivity index (χ0) is 10.3. The first-order valence-corrected chi connectivity index (χ1v) is 5.47. The summed E-state index contributed by atoms with van der Waals surface area (Å²) in [6.45, 7) is 4.06. The summed E-state index contributed by atoms with van der Waals surface area (Å²) in [6, 6.07) is 4.11. The third-order valence-electron chi connectivity index (χ3n) is 2.23. The van der Waals surface area contributed by atoms with Gasteiger partial charge in [0.2, 0.25) is 0 Å². The van der Waals surface area contributed by atoms with Gasteiger partial charge in [-0.05, 0) is 25.5 Å². The summed E-state index contributed by atoms with van der Waals surface area (Å²) in [4.78, 5) is 10.8. The Morgan fingerprint density at radius 2 is 2.07 bits per heavy atom. The number of rotatable bonds is 1. The topological polar surface area (TPSA) is 17.1 Å². The summed E-state index contributed by atoms with van der Waals surface area (Å²) >= 11 is 7.45. The smallest absolute Gasteiger partial charge is 0.153 e. The SMILES string of the molecule is Cc1cc(C)c2sc(Cl)c(C=O)c2c1. The summed E-state index contributed by atoms with van der Waals surface area (Å²) < 4.78 is 1.70. The predicted octanol–water partition coefficient (Wildman–Crippen LogP) is 3.98. The average Bonchev–Trinajstić information content (AvgIpc) is 2.41. The minimum absolute atomic E-state index is 0.587. The molecule has 0 saturated heterocycles. The van der Waals surface area contributed by atoms with Gasteiger partial charge in [0.05, 0.1) is 5.56 Å². The second-order valence-electron chi connectivity index (χ2n) is 3.37. The number of hydrogen-bond acceptors (Lipinski definition) is 2. The van der Waals surface area contributed by atoms with Gasteiger partial charge < -0.3 is 0 Å². The van der Waals surface area contributed by atoms with E-state index >= 15 is 0 Å². The van der Waals surface area contributed by atoms with Gasteiger partial charge in [-0.1, -0.05) is 23.2 Å². The highest BCUT2D eigenvalue weighted by molar-refractivity contribution is 7.23. The van der Waals surface area contributed by atoms with Gasteiger partial charge in [-0.15, -0.1) is 11.3 Å². The summed E-state index contributed by atoms with van der Waals surface area (Å²) in [7, 11) is 0. The van der Waals surface area contributed by atoms with Crippen LogP contribution in [0.5, 0.6) is 0 Å². The summed E-state index contributed by atoms with van der Waals surface area (Å²) in [5.74, 6) is 0. The molecular weight excluding hydrogens is 216 g/mol. The lowest BCUT2D eigenvalue weighted by atomic mass is 10.1. The summed E-state index contributed by atoms with van der Waals surface area (Å²) in [5, 5.41) is 0.979. The maximum atomic E-state index is 10.8. The fourth-order valence-electron chi connectivity index (χ4n) is 1.65. The molecule has 2 rings (SSSR count). The number of carbonyl (C=O) groups excluding carboxylic acids is 1. The van der Waals surface area contributed by atoms with Gasteiger partial charge in [-0.25, -0.2) is 0 Å². The fourth-order valence-corrected chi connectivity index (χ4v) is 2.97. The minimum atomic E-state index is 0.587. The van der Waals surface area contributed by atoms with E-state index in [0.29, 0.717) is 9.90 Å². The Bertz CT molecular complexity index is 513. The lowest BCUT2D eigenvalue weighted by Gasteiger charge is -1.98. The van der Waals surface area contributed by atoms with Gasteiger partial charge >= 0.3 is 0 Å². The van der Waals surface area contributed by atoms with Crippen LogP contribution in [0.4, 0.5) is 0 Å². The number of hydrogen-bond donors (Lipinski definition) is 0. The maximum Gasteiger partial charge on any atom is 0.153 e.